The zero-order chi connectivity index (χ0) is 19.4. The third-order valence-electron chi connectivity index (χ3n) is 4.81. The van der Waals surface area contributed by atoms with E-state index in [9.17, 15) is 8.42 Å². The zero-order valence-electron chi connectivity index (χ0n) is 15.1. The van der Waals surface area contributed by atoms with E-state index in [1.165, 1.54) is 4.88 Å². The number of aromatic nitrogens is 1. The summed E-state index contributed by atoms with van der Waals surface area (Å²) < 4.78 is 27.1. The maximum atomic E-state index is 11.7. The van der Waals surface area contributed by atoms with Crippen molar-refractivity contribution in [3.8, 4) is 0 Å². The Morgan fingerprint density at radius 1 is 1.11 bits per heavy atom. The van der Waals surface area contributed by atoms with Crippen LogP contribution in [0.3, 0.4) is 0 Å². The van der Waals surface area contributed by atoms with E-state index in [-0.39, 0.29) is 5.41 Å². The van der Waals surface area contributed by atoms with Crippen LogP contribution in [0, 0.1) is 0 Å². The van der Waals surface area contributed by atoms with Crippen LogP contribution < -0.4 is 4.72 Å². The molecule has 0 aliphatic heterocycles. The lowest BCUT2D eigenvalue weighted by Gasteiger charge is -2.23. The van der Waals surface area contributed by atoms with Gasteiger partial charge in [-0.1, -0.05) is 43.6 Å². The van der Waals surface area contributed by atoms with Crippen molar-refractivity contribution < 1.29 is 8.42 Å². The van der Waals surface area contributed by atoms with Crippen LogP contribution in [-0.2, 0) is 15.4 Å². The van der Waals surface area contributed by atoms with Gasteiger partial charge in [0, 0.05) is 37.0 Å². The van der Waals surface area contributed by atoms with Gasteiger partial charge in [-0.15, -0.1) is 11.3 Å². The summed E-state index contributed by atoms with van der Waals surface area (Å²) in [6, 6.07) is 13.7. The highest BCUT2D eigenvalue weighted by molar-refractivity contribution is 7.92. The average molecular weight is 419 g/mol. The first-order chi connectivity index (χ1) is 12.7. The molecule has 0 aliphatic carbocycles. The Kier molecular flexibility index (Phi) is 4.25. The van der Waals surface area contributed by atoms with Gasteiger partial charge in [-0.05, 0) is 29.8 Å². The SMILES string of the molecule is CC(C)(c1cc2c(Cl)cccc2s1)c1c[nH]c2c(NS(C)(=O)=O)cccc12. The second-order valence-electron chi connectivity index (χ2n) is 7.19. The van der Waals surface area contributed by atoms with Crippen LogP contribution in [0.2, 0.25) is 5.02 Å². The molecule has 4 rings (SSSR count). The molecule has 0 bridgehead atoms. The maximum Gasteiger partial charge on any atom is 0.229 e. The minimum Gasteiger partial charge on any atom is -0.359 e. The largest absolute Gasteiger partial charge is 0.359 e. The van der Waals surface area contributed by atoms with E-state index < -0.39 is 10.0 Å². The Bertz CT molecular complexity index is 1270. The van der Waals surface area contributed by atoms with Crippen LogP contribution >= 0.6 is 22.9 Å². The minimum atomic E-state index is -3.35. The molecule has 0 saturated carbocycles. The molecule has 0 radical (unpaired) electrons. The van der Waals surface area contributed by atoms with Gasteiger partial charge in [-0.25, -0.2) is 8.42 Å². The molecule has 2 heterocycles. The molecule has 0 amide bonds. The summed E-state index contributed by atoms with van der Waals surface area (Å²) in [6.45, 7) is 4.34. The van der Waals surface area contributed by atoms with E-state index >= 15 is 0 Å². The van der Waals surface area contributed by atoms with Crippen molar-refractivity contribution in [3.63, 3.8) is 0 Å². The highest BCUT2D eigenvalue weighted by Crippen LogP contribution is 2.43. The predicted octanol–water partition coefficient (Wildman–Crippen LogP) is 5.73. The zero-order valence-corrected chi connectivity index (χ0v) is 17.5. The molecule has 2 aromatic carbocycles. The molecule has 2 N–H and O–H groups in total. The third-order valence-corrected chi connectivity index (χ3v) is 7.15. The number of para-hydroxylation sites is 1. The van der Waals surface area contributed by atoms with Crippen molar-refractivity contribution in [3.05, 3.63) is 64.1 Å². The molecule has 140 valence electrons. The monoisotopic (exact) mass is 418 g/mol. The van der Waals surface area contributed by atoms with Crippen molar-refractivity contribution >= 4 is 59.6 Å². The van der Waals surface area contributed by atoms with Gasteiger partial charge in [0.25, 0.3) is 0 Å². The van der Waals surface area contributed by atoms with Crippen molar-refractivity contribution in [1.29, 1.82) is 0 Å². The molecule has 4 aromatic rings. The highest BCUT2D eigenvalue weighted by atomic mass is 35.5. The van der Waals surface area contributed by atoms with Gasteiger partial charge < -0.3 is 4.98 Å². The van der Waals surface area contributed by atoms with Gasteiger partial charge in [-0.3, -0.25) is 4.72 Å². The number of sulfonamides is 1. The summed E-state index contributed by atoms with van der Waals surface area (Å²) in [5.74, 6) is 0. The van der Waals surface area contributed by atoms with E-state index in [0.717, 1.165) is 37.8 Å². The molecule has 2 aromatic heterocycles. The molecule has 27 heavy (non-hydrogen) atoms. The Morgan fingerprint density at radius 3 is 2.56 bits per heavy atom. The molecule has 7 heteroatoms. The molecule has 4 nitrogen and oxygen atoms in total. The average Bonchev–Trinajstić information content (AvgIpc) is 3.19. The van der Waals surface area contributed by atoms with Crippen molar-refractivity contribution in [2.24, 2.45) is 0 Å². The first kappa shape index (κ1) is 18.3. The minimum absolute atomic E-state index is 0.269. The normalized spacial score (nSPS) is 12.7. The molecule has 0 atom stereocenters. The summed E-state index contributed by atoms with van der Waals surface area (Å²) in [5, 5.41) is 2.81. The number of fused-ring (bicyclic) bond motifs is 2. The molecule has 0 spiro atoms. The Hall–Kier alpha value is -2.02. The lowest BCUT2D eigenvalue weighted by Crippen LogP contribution is -2.16. The van der Waals surface area contributed by atoms with Gasteiger partial charge in [0.2, 0.25) is 10.0 Å². The fraction of sp³-hybridized carbons (Fsp3) is 0.200. The van der Waals surface area contributed by atoms with E-state index in [2.05, 4.69) is 35.7 Å². The lowest BCUT2D eigenvalue weighted by atomic mass is 9.83. The van der Waals surface area contributed by atoms with E-state index in [0.29, 0.717) is 5.69 Å². The number of hydrogen-bond acceptors (Lipinski definition) is 3. The van der Waals surface area contributed by atoms with Crippen LogP contribution in [0.15, 0.2) is 48.7 Å². The van der Waals surface area contributed by atoms with Crippen LogP contribution in [0.25, 0.3) is 21.0 Å². The fourth-order valence-corrected chi connectivity index (χ4v) is 5.48. The maximum absolute atomic E-state index is 11.7. The molecular formula is C20H19ClN2O2S2. The summed E-state index contributed by atoms with van der Waals surface area (Å²) >= 11 is 8.09. The number of H-pyrrole nitrogens is 1. The smallest absolute Gasteiger partial charge is 0.229 e. The standard InChI is InChI=1S/C20H19ClN2O2S2/c1-20(2,18-10-13-15(21)7-5-9-17(13)26-18)14-11-22-19-12(14)6-4-8-16(19)23-27(3,24)25/h4-11,22-23H,1-3H3. The van der Waals surface area contributed by atoms with Gasteiger partial charge in [0.15, 0.2) is 0 Å². The van der Waals surface area contributed by atoms with Gasteiger partial charge in [-0.2, -0.15) is 0 Å². The number of nitrogens with one attached hydrogen (secondary N) is 2. The topological polar surface area (TPSA) is 62.0 Å². The van der Waals surface area contributed by atoms with Crippen molar-refractivity contribution in [2.75, 3.05) is 11.0 Å². The number of hydrogen-bond donors (Lipinski definition) is 2. The number of benzene rings is 2. The highest BCUT2D eigenvalue weighted by Gasteiger charge is 2.29. The number of anilines is 1. The second kappa shape index (κ2) is 6.26. The van der Waals surface area contributed by atoms with Gasteiger partial charge in [0.1, 0.15) is 0 Å². The fourth-order valence-electron chi connectivity index (χ4n) is 3.42. The molecular weight excluding hydrogens is 400 g/mol. The summed E-state index contributed by atoms with van der Waals surface area (Å²) in [4.78, 5) is 4.45. The summed E-state index contributed by atoms with van der Waals surface area (Å²) in [7, 11) is -3.35. The summed E-state index contributed by atoms with van der Waals surface area (Å²) in [6.07, 6.45) is 3.12. The van der Waals surface area contributed by atoms with E-state index in [1.54, 1.807) is 17.4 Å². The van der Waals surface area contributed by atoms with Gasteiger partial charge in [0.05, 0.1) is 17.5 Å². The van der Waals surface area contributed by atoms with Crippen LogP contribution in [0.1, 0.15) is 24.3 Å². The summed E-state index contributed by atoms with van der Waals surface area (Å²) in [5.41, 5.74) is 2.17. The molecule has 0 unspecified atom stereocenters. The number of thiophene rings is 1. The Balaban J connectivity index is 1.87. The van der Waals surface area contributed by atoms with Gasteiger partial charge >= 0.3 is 0 Å². The van der Waals surface area contributed by atoms with E-state index in [1.807, 2.05) is 30.5 Å². The Labute approximate surface area is 167 Å². The van der Waals surface area contributed by atoms with Crippen molar-refractivity contribution in [2.45, 2.75) is 19.3 Å². The van der Waals surface area contributed by atoms with Crippen LogP contribution in [-0.4, -0.2) is 19.7 Å². The quantitative estimate of drug-likeness (QED) is 0.444. The molecule has 0 fully saturated rings. The number of halogens is 1. The predicted molar refractivity (Wildman–Crippen MR) is 116 cm³/mol. The Morgan fingerprint density at radius 2 is 1.85 bits per heavy atom. The first-order valence-electron chi connectivity index (χ1n) is 8.44. The number of aromatic amines is 1. The van der Waals surface area contributed by atoms with E-state index in [4.69, 9.17) is 11.6 Å². The first-order valence-corrected chi connectivity index (χ1v) is 11.5. The molecule has 0 aliphatic rings. The number of rotatable bonds is 4. The van der Waals surface area contributed by atoms with Crippen LogP contribution in [0.4, 0.5) is 5.69 Å². The van der Waals surface area contributed by atoms with Crippen LogP contribution in [0.5, 0.6) is 0 Å². The second-order valence-corrected chi connectivity index (χ2v) is 10.4. The third kappa shape index (κ3) is 3.22. The van der Waals surface area contributed by atoms with Crippen molar-refractivity contribution in [1.82, 2.24) is 4.98 Å². The lowest BCUT2D eigenvalue weighted by molar-refractivity contribution is 0.607. The molecule has 0 saturated heterocycles.